The van der Waals surface area contributed by atoms with Gasteiger partial charge in [0, 0.05) is 5.56 Å². The van der Waals surface area contributed by atoms with Crippen molar-refractivity contribution < 1.29 is 22.7 Å². The summed E-state index contributed by atoms with van der Waals surface area (Å²) >= 11 is 0. The standard InChI is InChI=1S/C14H10F3NO2/c1-20-13(19)10-5-2-4-9(8-10)11-6-3-7-12(18-11)14(15,16)17/h2-8H,1H3. The average Bonchev–Trinajstić information content (AvgIpc) is 2.46. The van der Waals surface area contributed by atoms with Crippen molar-refractivity contribution in [1.82, 2.24) is 4.98 Å². The van der Waals surface area contributed by atoms with Crippen LogP contribution in [0.15, 0.2) is 42.5 Å². The van der Waals surface area contributed by atoms with Gasteiger partial charge in [-0.25, -0.2) is 9.78 Å². The Morgan fingerprint density at radius 3 is 2.50 bits per heavy atom. The van der Waals surface area contributed by atoms with Gasteiger partial charge in [-0.3, -0.25) is 0 Å². The first-order chi connectivity index (χ1) is 9.41. The van der Waals surface area contributed by atoms with Crippen LogP contribution < -0.4 is 0 Å². The van der Waals surface area contributed by atoms with Gasteiger partial charge in [-0.15, -0.1) is 0 Å². The molecule has 0 amide bonds. The molecule has 2 aromatic rings. The van der Waals surface area contributed by atoms with E-state index in [2.05, 4.69) is 9.72 Å². The largest absolute Gasteiger partial charge is 0.465 e. The highest BCUT2D eigenvalue weighted by molar-refractivity contribution is 5.90. The molecule has 0 saturated carbocycles. The molecule has 20 heavy (non-hydrogen) atoms. The fourth-order valence-corrected chi connectivity index (χ4v) is 1.68. The highest BCUT2D eigenvalue weighted by atomic mass is 19.4. The second-order valence-electron chi connectivity index (χ2n) is 3.98. The molecule has 0 atom stereocenters. The molecule has 2 rings (SSSR count). The van der Waals surface area contributed by atoms with E-state index in [1.165, 1.54) is 31.4 Å². The lowest BCUT2D eigenvalue weighted by atomic mass is 10.1. The van der Waals surface area contributed by atoms with Gasteiger partial charge in [0.25, 0.3) is 0 Å². The summed E-state index contributed by atoms with van der Waals surface area (Å²) < 4.78 is 42.4. The fourth-order valence-electron chi connectivity index (χ4n) is 1.68. The number of methoxy groups -OCH3 is 1. The van der Waals surface area contributed by atoms with Crippen molar-refractivity contribution >= 4 is 5.97 Å². The molecule has 0 bridgehead atoms. The van der Waals surface area contributed by atoms with Gasteiger partial charge in [-0.05, 0) is 24.3 Å². The summed E-state index contributed by atoms with van der Waals surface area (Å²) in [6, 6.07) is 9.71. The number of ether oxygens (including phenoxy) is 1. The van der Waals surface area contributed by atoms with Crippen molar-refractivity contribution in [2.75, 3.05) is 7.11 Å². The lowest BCUT2D eigenvalue weighted by Crippen LogP contribution is -2.08. The number of alkyl halides is 3. The minimum absolute atomic E-state index is 0.144. The number of esters is 1. The third kappa shape index (κ3) is 2.96. The first kappa shape index (κ1) is 14.0. The maximum Gasteiger partial charge on any atom is 0.433 e. The Kier molecular flexibility index (Phi) is 3.74. The fraction of sp³-hybridized carbons (Fsp3) is 0.143. The molecule has 0 N–H and O–H groups in total. The van der Waals surface area contributed by atoms with Crippen LogP contribution in [0.2, 0.25) is 0 Å². The molecular weight excluding hydrogens is 271 g/mol. The molecule has 0 saturated heterocycles. The van der Waals surface area contributed by atoms with Crippen LogP contribution in [0.5, 0.6) is 0 Å². The third-order valence-electron chi connectivity index (χ3n) is 2.62. The molecule has 0 aliphatic carbocycles. The van der Waals surface area contributed by atoms with E-state index in [4.69, 9.17) is 0 Å². The quantitative estimate of drug-likeness (QED) is 0.790. The van der Waals surface area contributed by atoms with Crippen molar-refractivity contribution in [2.45, 2.75) is 6.18 Å². The summed E-state index contributed by atoms with van der Waals surface area (Å²) in [7, 11) is 1.23. The average molecular weight is 281 g/mol. The zero-order chi connectivity index (χ0) is 14.8. The van der Waals surface area contributed by atoms with Crippen LogP contribution >= 0.6 is 0 Å². The van der Waals surface area contributed by atoms with Crippen molar-refractivity contribution in [1.29, 1.82) is 0 Å². The summed E-state index contributed by atoms with van der Waals surface area (Å²) in [6.07, 6.45) is -4.50. The summed E-state index contributed by atoms with van der Waals surface area (Å²) in [4.78, 5) is 15.0. The topological polar surface area (TPSA) is 39.2 Å². The molecule has 1 aromatic carbocycles. The molecule has 6 heteroatoms. The summed E-state index contributed by atoms with van der Waals surface area (Å²) in [5.41, 5.74) is -0.160. The first-order valence-corrected chi connectivity index (χ1v) is 5.65. The second-order valence-corrected chi connectivity index (χ2v) is 3.98. The number of hydrogen-bond donors (Lipinski definition) is 0. The van der Waals surface area contributed by atoms with Gasteiger partial charge in [0.05, 0.1) is 18.4 Å². The number of pyridine rings is 1. The van der Waals surface area contributed by atoms with E-state index in [0.717, 1.165) is 6.07 Å². The third-order valence-corrected chi connectivity index (χ3v) is 2.62. The number of carbonyl (C=O) groups is 1. The van der Waals surface area contributed by atoms with Crippen LogP contribution in [0, 0.1) is 0 Å². The Balaban J connectivity index is 2.44. The predicted octanol–water partition coefficient (Wildman–Crippen LogP) is 3.55. The molecule has 0 fully saturated rings. The molecular formula is C14H10F3NO2. The normalized spacial score (nSPS) is 11.2. The zero-order valence-electron chi connectivity index (χ0n) is 10.4. The van der Waals surface area contributed by atoms with Gasteiger partial charge in [-0.1, -0.05) is 18.2 Å². The second kappa shape index (κ2) is 5.32. The van der Waals surface area contributed by atoms with E-state index >= 15 is 0 Å². The smallest absolute Gasteiger partial charge is 0.433 e. The molecule has 0 aliphatic rings. The van der Waals surface area contributed by atoms with Crippen LogP contribution in [-0.4, -0.2) is 18.1 Å². The van der Waals surface area contributed by atoms with Crippen LogP contribution in [0.3, 0.4) is 0 Å². The van der Waals surface area contributed by atoms with Gasteiger partial charge in [-0.2, -0.15) is 13.2 Å². The van der Waals surface area contributed by atoms with Crippen molar-refractivity contribution in [3.05, 3.63) is 53.7 Å². The number of hydrogen-bond acceptors (Lipinski definition) is 3. The molecule has 0 unspecified atom stereocenters. The Morgan fingerprint density at radius 1 is 1.15 bits per heavy atom. The summed E-state index contributed by atoms with van der Waals surface area (Å²) in [6.45, 7) is 0. The molecule has 0 aliphatic heterocycles. The molecule has 1 aromatic heterocycles. The van der Waals surface area contributed by atoms with E-state index in [-0.39, 0.29) is 11.3 Å². The SMILES string of the molecule is COC(=O)c1cccc(-c2cccc(C(F)(F)F)n2)c1. The lowest BCUT2D eigenvalue weighted by molar-refractivity contribution is -0.141. The van der Waals surface area contributed by atoms with Gasteiger partial charge in [0.1, 0.15) is 5.69 Å². The maximum absolute atomic E-state index is 12.6. The summed E-state index contributed by atoms with van der Waals surface area (Å²) in [5.74, 6) is -0.557. The number of benzene rings is 1. The molecule has 3 nitrogen and oxygen atoms in total. The Labute approximate surface area is 113 Å². The Bertz CT molecular complexity index is 638. The lowest BCUT2D eigenvalue weighted by Gasteiger charge is -2.08. The van der Waals surface area contributed by atoms with Gasteiger partial charge in [0.15, 0.2) is 0 Å². The minimum Gasteiger partial charge on any atom is -0.465 e. The van der Waals surface area contributed by atoms with E-state index in [0.29, 0.717) is 5.56 Å². The highest BCUT2D eigenvalue weighted by Crippen LogP contribution is 2.29. The van der Waals surface area contributed by atoms with E-state index < -0.39 is 17.8 Å². The van der Waals surface area contributed by atoms with Crippen LogP contribution in [0.25, 0.3) is 11.3 Å². The Morgan fingerprint density at radius 2 is 1.85 bits per heavy atom. The number of aromatic nitrogens is 1. The molecule has 104 valence electrons. The number of nitrogens with zero attached hydrogens (tertiary/aromatic N) is 1. The maximum atomic E-state index is 12.6. The zero-order valence-corrected chi connectivity index (χ0v) is 10.4. The van der Waals surface area contributed by atoms with Gasteiger partial charge in [0.2, 0.25) is 0 Å². The Hall–Kier alpha value is -2.37. The predicted molar refractivity (Wildman–Crippen MR) is 66.0 cm³/mol. The number of rotatable bonds is 2. The van der Waals surface area contributed by atoms with Gasteiger partial charge >= 0.3 is 12.1 Å². The monoisotopic (exact) mass is 281 g/mol. The van der Waals surface area contributed by atoms with Crippen molar-refractivity contribution in [3.8, 4) is 11.3 Å². The minimum atomic E-state index is -4.50. The molecule has 0 radical (unpaired) electrons. The van der Waals surface area contributed by atoms with Crippen LogP contribution in [0.4, 0.5) is 13.2 Å². The van der Waals surface area contributed by atoms with E-state index in [1.807, 2.05) is 0 Å². The van der Waals surface area contributed by atoms with Crippen LogP contribution in [0.1, 0.15) is 16.1 Å². The highest BCUT2D eigenvalue weighted by Gasteiger charge is 2.32. The van der Waals surface area contributed by atoms with Crippen molar-refractivity contribution in [3.63, 3.8) is 0 Å². The number of carbonyl (C=O) groups excluding carboxylic acids is 1. The van der Waals surface area contributed by atoms with E-state index in [1.54, 1.807) is 12.1 Å². The summed E-state index contributed by atoms with van der Waals surface area (Å²) in [5, 5.41) is 0. The molecule has 0 spiro atoms. The van der Waals surface area contributed by atoms with Crippen molar-refractivity contribution in [2.24, 2.45) is 0 Å². The number of halogens is 3. The van der Waals surface area contributed by atoms with Crippen LogP contribution in [-0.2, 0) is 10.9 Å². The molecule has 1 heterocycles. The van der Waals surface area contributed by atoms with E-state index in [9.17, 15) is 18.0 Å². The van der Waals surface area contributed by atoms with Gasteiger partial charge < -0.3 is 4.74 Å². The first-order valence-electron chi connectivity index (χ1n) is 5.65.